The summed E-state index contributed by atoms with van der Waals surface area (Å²) in [5.41, 5.74) is -0.656. The average Bonchev–Trinajstić information content (AvgIpc) is 3.15. The Morgan fingerprint density at radius 3 is 2.41 bits per heavy atom. The minimum atomic E-state index is -0.715. The summed E-state index contributed by atoms with van der Waals surface area (Å²) in [6.07, 6.45) is 0. The van der Waals surface area contributed by atoms with Crippen molar-refractivity contribution < 1.29 is 8.78 Å². The van der Waals surface area contributed by atoms with Crippen molar-refractivity contribution in [1.29, 1.82) is 0 Å². The molecule has 0 aliphatic heterocycles. The van der Waals surface area contributed by atoms with E-state index in [0.29, 0.717) is 15.6 Å². The molecule has 0 radical (unpaired) electrons. The second-order valence-corrected chi connectivity index (χ2v) is 8.95. The summed E-state index contributed by atoms with van der Waals surface area (Å²) in [6.45, 7) is -0.198. The molecule has 2 aromatic heterocycles. The zero-order valence-electron chi connectivity index (χ0n) is 16.1. The van der Waals surface area contributed by atoms with E-state index in [4.69, 9.17) is 23.2 Å². The van der Waals surface area contributed by atoms with Gasteiger partial charge in [-0.1, -0.05) is 47.5 Å². The molecule has 9 heteroatoms. The monoisotopic (exact) mass is 488 g/mol. The number of hydrogen-bond acceptors (Lipinski definition) is 3. The molecule has 0 bridgehead atoms. The van der Waals surface area contributed by atoms with Crippen LogP contribution < -0.4 is 11.2 Å². The topological polar surface area (TPSA) is 44.0 Å². The van der Waals surface area contributed by atoms with Gasteiger partial charge >= 0.3 is 5.69 Å². The van der Waals surface area contributed by atoms with Crippen LogP contribution in [-0.2, 0) is 6.54 Å². The molecule has 5 rings (SSSR count). The van der Waals surface area contributed by atoms with Crippen LogP contribution in [0, 0.1) is 11.6 Å². The van der Waals surface area contributed by atoms with Gasteiger partial charge < -0.3 is 0 Å². The van der Waals surface area contributed by atoms with Crippen molar-refractivity contribution in [3.63, 3.8) is 0 Å². The van der Waals surface area contributed by atoms with Gasteiger partial charge in [0.2, 0.25) is 0 Å². The number of benzene rings is 3. The van der Waals surface area contributed by atoms with Crippen LogP contribution in [0.25, 0.3) is 26.0 Å². The first kappa shape index (κ1) is 20.9. The molecule has 0 unspecified atom stereocenters. The van der Waals surface area contributed by atoms with E-state index >= 15 is 0 Å². The maximum absolute atomic E-state index is 14.6. The Labute approximate surface area is 193 Å². The third kappa shape index (κ3) is 3.24. The van der Waals surface area contributed by atoms with Crippen molar-refractivity contribution in [3.05, 3.63) is 109 Å². The van der Waals surface area contributed by atoms with Gasteiger partial charge in [-0.2, -0.15) is 0 Å². The quantitative estimate of drug-likeness (QED) is 0.312. The molecule has 0 atom stereocenters. The van der Waals surface area contributed by atoms with E-state index in [1.165, 1.54) is 46.2 Å². The van der Waals surface area contributed by atoms with Gasteiger partial charge in [0.1, 0.15) is 16.3 Å². The van der Waals surface area contributed by atoms with Gasteiger partial charge in [0, 0.05) is 20.7 Å². The highest BCUT2D eigenvalue weighted by Crippen LogP contribution is 2.32. The lowest BCUT2D eigenvalue weighted by atomic mass is 10.2. The van der Waals surface area contributed by atoms with Crippen LogP contribution in [0.1, 0.15) is 5.56 Å². The standard InChI is InChI=1S/C23H12Cl2F2N2O2S/c24-15-5-3-6-17(26)14(15)11-28-20-13-4-1-2-7-19(13)32-21(20)22(30)29(23(28)31)12-8-9-18(27)16(25)10-12/h1-10H,11H2. The molecule has 0 aliphatic rings. The lowest BCUT2D eigenvalue weighted by Gasteiger charge is -2.14. The molecule has 0 aliphatic carbocycles. The Morgan fingerprint density at radius 2 is 1.66 bits per heavy atom. The molecule has 32 heavy (non-hydrogen) atoms. The van der Waals surface area contributed by atoms with Gasteiger partial charge in [0.15, 0.2) is 0 Å². The highest BCUT2D eigenvalue weighted by atomic mass is 35.5. The highest BCUT2D eigenvalue weighted by molar-refractivity contribution is 7.25. The molecule has 160 valence electrons. The van der Waals surface area contributed by atoms with E-state index in [0.717, 1.165) is 15.3 Å². The number of nitrogens with zero attached hydrogens (tertiary/aromatic N) is 2. The lowest BCUT2D eigenvalue weighted by Crippen LogP contribution is -2.38. The Bertz CT molecular complexity index is 1640. The van der Waals surface area contributed by atoms with E-state index in [9.17, 15) is 18.4 Å². The number of aromatic nitrogens is 2. The predicted octanol–water partition coefficient (Wildman–Crippen LogP) is 6.00. The minimum absolute atomic E-state index is 0.110. The fourth-order valence-corrected chi connectivity index (χ4v) is 5.22. The van der Waals surface area contributed by atoms with Crippen LogP contribution in [0.4, 0.5) is 8.78 Å². The van der Waals surface area contributed by atoms with E-state index < -0.39 is 22.9 Å². The molecule has 0 spiro atoms. The Kier molecular flexibility index (Phi) is 5.12. The summed E-state index contributed by atoms with van der Waals surface area (Å²) in [7, 11) is 0. The third-order valence-electron chi connectivity index (χ3n) is 5.20. The number of thiophene rings is 1. The van der Waals surface area contributed by atoms with Gasteiger partial charge in [-0.25, -0.2) is 18.1 Å². The van der Waals surface area contributed by atoms with Crippen LogP contribution in [0.2, 0.25) is 10.0 Å². The molecular formula is C23H12Cl2F2N2O2S. The first-order valence-electron chi connectivity index (χ1n) is 9.42. The van der Waals surface area contributed by atoms with Crippen LogP contribution in [0.15, 0.2) is 70.3 Å². The number of hydrogen-bond donors (Lipinski definition) is 0. The van der Waals surface area contributed by atoms with Gasteiger partial charge in [0.25, 0.3) is 5.56 Å². The molecule has 2 heterocycles. The molecule has 4 nitrogen and oxygen atoms in total. The Hall–Kier alpha value is -3.00. The smallest absolute Gasteiger partial charge is 0.287 e. The fraction of sp³-hybridized carbons (Fsp3) is 0.0435. The average molecular weight is 489 g/mol. The third-order valence-corrected chi connectivity index (χ3v) is 6.99. The largest absolute Gasteiger partial charge is 0.336 e. The normalized spacial score (nSPS) is 11.5. The zero-order valence-corrected chi connectivity index (χ0v) is 18.4. The van der Waals surface area contributed by atoms with Crippen molar-refractivity contribution in [1.82, 2.24) is 9.13 Å². The van der Waals surface area contributed by atoms with E-state index in [-0.39, 0.29) is 27.8 Å². The Balaban J connectivity index is 1.91. The second-order valence-electron chi connectivity index (χ2n) is 7.08. The van der Waals surface area contributed by atoms with Crippen LogP contribution in [-0.4, -0.2) is 9.13 Å². The number of rotatable bonds is 3. The first-order chi connectivity index (χ1) is 15.4. The second kappa shape index (κ2) is 7.85. The van der Waals surface area contributed by atoms with E-state index in [2.05, 4.69) is 0 Å². The predicted molar refractivity (Wildman–Crippen MR) is 125 cm³/mol. The Morgan fingerprint density at radius 1 is 0.875 bits per heavy atom. The lowest BCUT2D eigenvalue weighted by molar-refractivity contribution is 0.594. The van der Waals surface area contributed by atoms with Crippen molar-refractivity contribution in [3.8, 4) is 5.69 Å². The molecule has 5 aromatic rings. The van der Waals surface area contributed by atoms with E-state index in [1.807, 2.05) is 12.1 Å². The highest BCUT2D eigenvalue weighted by Gasteiger charge is 2.21. The van der Waals surface area contributed by atoms with Gasteiger partial charge in [-0.3, -0.25) is 9.36 Å². The SMILES string of the molecule is O=c1c2sc3ccccc3c2n(Cc2c(F)cccc2Cl)c(=O)n1-c1ccc(F)c(Cl)c1. The molecule has 0 fully saturated rings. The maximum Gasteiger partial charge on any atom is 0.336 e. The molecule has 0 saturated carbocycles. The van der Waals surface area contributed by atoms with Crippen molar-refractivity contribution in [2.24, 2.45) is 0 Å². The van der Waals surface area contributed by atoms with Gasteiger partial charge in [-0.05, 0) is 36.4 Å². The van der Waals surface area contributed by atoms with Crippen molar-refractivity contribution >= 4 is 54.8 Å². The van der Waals surface area contributed by atoms with Crippen LogP contribution in [0.3, 0.4) is 0 Å². The zero-order chi connectivity index (χ0) is 22.6. The van der Waals surface area contributed by atoms with Crippen molar-refractivity contribution in [2.45, 2.75) is 6.54 Å². The summed E-state index contributed by atoms with van der Waals surface area (Å²) in [5, 5.41) is 0.625. The minimum Gasteiger partial charge on any atom is -0.287 e. The van der Waals surface area contributed by atoms with Crippen LogP contribution in [0.5, 0.6) is 0 Å². The molecule has 0 amide bonds. The van der Waals surface area contributed by atoms with E-state index in [1.54, 1.807) is 12.1 Å². The summed E-state index contributed by atoms with van der Waals surface area (Å²) in [6, 6.07) is 15.1. The molecule has 3 aromatic carbocycles. The van der Waals surface area contributed by atoms with Gasteiger partial charge in [-0.15, -0.1) is 11.3 Å². The van der Waals surface area contributed by atoms with Crippen LogP contribution >= 0.6 is 34.5 Å². The maximum atomic E-state index is 14.6. The summed E-state index contributed by atoms with van der Waals surface area (Å²) in [5.74, 6) is -1.25. The first-order valence-corrected chi connectivity index (χ1v) is 11.0. The number of halogens is 4. The molecule has 0 N–H and O–H groups in total. The molecule has 0 saturated heterocycles. The van der Waals surface area contributed by atoms with Gasteiger partial charge in [0.05, 0.1) is 22.8 Å². The molecular weight excluding hydrogens is 477 g/mol. The van der Waals surface area contributed by atoms with Crippen molar-refractivity contribution in [2.75, 3.05) is 0 Å². The summed E-state index contributed by atoms with van der Waals surface area (Å²) < 4.78 is 31.6. The number of fused-ring (bicyclic) bond motifs is 3. The summed E-state index contributed by atoms with van der Waals surface area (Å²) in [4.78, 5) is 27.0. The summed E-state index contributed by atoms with van der Waals surface area (Å²) >= 11 is 13.3. The fourth-order valence-electron chi connectivity index (χ4n) is 3.69.